The van der Waals surface area contributed by atoms with Gasteiger partial charge in [0.05, 0.1) is 15.6 Å². The fraction of sp³-hybridized carbons (Fsp3) is 0.0833. The van der Waals surface area contributed by atoms with E-state index in [1.165, 1.54) is 11.3 Å². The van der Waals surface area contributed by atoms with Crippen LogP contribution in [-0.2, 0) is 16.4 Å². The zero-order valence-corrected chi connectivity index (χ0v) is 12.3. The molecule has 0 amide bonds. The van der Waals surface area contributed by atoms with Crippen molar-refractivity contribution in [2.24, 2.45) is 5.73 Å². The Morgan fingerprint density at radius 2 is 1.95 bits per heavy atom. The van der Waals surface area contributed by atoms with Crippen molar-refractivity contribution in [3.8, 4) is 0 Å². The molecule has 0 spiro atoms. The highest BCUT2D eigenvalue weighted by Gasteiger charge is 2.14. The molecule has 1 aromatic heterocycles. The molecule has 100 valence electrons. The predicted octanol–water partition coefficient (Wildman–Crippen LogP) is 2.38. The van der Waals surface area contributed by atoms with E-state index in [9.17, 15) is 8.42 Å². The van der Waals surface area contributed by atoms with E-state index in [0.29, 0.717) is 17.1 Å². The van der Waals surface area contributed by atoms with Gasteiger partial charge in [0.2, 0.25) is 0 Å². The molecule has 0 fully saturated rings. The molecular weight excluding hydrogens is 300 g/mol. The summed E-state index contributed by atoms with van der Waals surface area (Å²) in [6.45, 7) is 0. The lowest BCUT2D eigenvalue weighted by Gasteiger charge is -2.07. The average molecular weight is 312 g/mol. The van der Waals surface area contributed by atoms with E-state index in [1.54, 1.807) is 35.7 Å². The maximum Gasteiger partial charge on any atom is 0.261 e. The number of nitrogens with two attached hydrogens (primary N) is 1. The molecule has 1 aromatic carbocycles. The van der Waals surface area contributed by atoms with Gasteiger partial charge in [-0.3, -0.25) is 4.72 Å². The van der Waals surface area contributed by atoms with Crippen molar-refractivity contribution in [2.75, 3.05) is 4.72 Å². The second kappa shape index (κ2) is 5.68. The summed E-state index contributed by atoms with van der Waals surface area (Å²) in [6, 6.07) is 8.22. The molecule has 0 saturated heterocycles. The Morgan fingerprint density at radius 1 is 1.26 bits per heavy atom. The fourth-order valence-electron chi connectivity index (χ4n) is 1.52. The van der Waals surface area contributed by atoms with Gasteiger partial charge in [0.15, 0.2) is 0 Å². The smallest absolute Gasteiger partial charge is 0.261 e. The van der Waals surface area contributed by atoms with Crippen LogP contribution in [0.1, 0.15) is 5.56 Å². The fourth-order valence-corrected chi connectivity index (χ4v) is 3.40. The van der Waals surface area contributed by atoms with Gasteiger partial charge in [-0.2, -0.15) is 11.3 Å². The van der Waals surface area contributed by atoms with Gasteiger partial charge in [0.25, 0.3) is 10.0 Å². The molecule has 19 heavy (non-hydrogen) atoms. The molecule has 7 heteroatoms. The average Bonchev–Trinajstić information content (AvgIpc) is 2.81. The summed E-state index contributed by atoms with van der Waals surface area (Å²) in [4.78, 5) is 0.595. The Hall–Kier alpha value is -1.44. The molecule has 2 rings (SSSR count). The summed E-state index contributed by atoms with van der Waals surface area (Å²) in [5, 5.41) is 3.54. The molecule has 2 aromatic rings. The highest BCUT2D eigenvalue weighted by molar-refractivity contribution is 7.92. The first kappa shape index (κ1) is 14.0. The van der Waals surface area contributed by atoms with Crippen LogP contribution in [0.4, 0.5) is 5.69 Å². The van der Waals surface area contributed by atoms with Crippen molar-refractivity contribution in [1.29, 1.82) is 0 Å². The maximum absolute atomic E-state index is 12.1. The molecule has 0 radical (unpaired) electrons. The summed E-state index contributed by atoms with van der Waals surface area (Å²) in [5.74, 6) is 0. The third-order valence-electron chi connectivity index (χ3n) is 2.39. The number of thiophene rings is 1. The second-order valence-electron chi connectivity index (χ2n) is 3.90. The van der Waals surface area contributed by atoms with Crippen molar-refractivity contribution >= 4 is 44.3 Å². The highest BCUT2D eigenvalue weighted by Crippen LogP contribution is 2.18. The van der Waals surface area contributed by atoms with Crippen molar-refractivity contribution < 1.29 is 8.42 Å². The zero-order valence-electron chi connectivity index (χ0n) is 9.87. The van der Waals surface area contributed by atoms with Gasteiger partial charge in [-0.05, 0) is 29.1 Å². The van der Waals surface area contributed by atoms with Gasteiger partial charge < -0.3 is 5.73 Å². The number of hydrogen-bond donors (Lipinski definition) is 2. The van der Waals surface area contributed by atoms with Crippen LogP contribution < -0.4 is 10.5 Å². The summed E-state index contributed by atoms with van der Waals surface area (Å²) in [7, 11) is -3.54. The number of hydrogen-bond acceptors (Lipinski definition) is 4. The van der Waals surface area contributed by atoms with Crippen molar-refractivity contribution in [3.63, 3.8) is 0 Å². The standard InChI is InChI=1S/C12H12N2O2S3/c13-12(17)7-9-1-3-11(4-2-9)19(15,16)14-10-5-6-18-8-10/h1-6,8,14H,7H2,(H2,13,17). The number of nitrogens with one attached hydrogen (secondary N) is 1. The van der Waals surface area contributed by atoms with Gasteiger partial charge in [0, 0.05) is 11.8 Å². The van der Waals surface area contributed by atoms with Gasteiger partial charge in [0.1, 0.15) is 0 Å². The van der Waals surface area contributed by atoms with Gasteiger partial charge in [-0.25, -0.2) is 8.42 Å². The van der Waals surface area contributed by atoms with E-state index in [1.807, 2.05) is 5.38 Å². The molecule has 1 heterocycles. The zero-order chi connectivity index (χ0) is 13.9. The number of rotatable bonds is 5. The van der Waals surface area contributed by atoms with Crippen LogP contribution in [0.5, 0.6) is 0 Å². The van der Waals surface area contributed by atoms with Crippen LogP contribution in [0.3, 0.4) is 0 Å². The first-order valence-corrected chi connectivity index (χ1v) is 8.23. The Balaban J connectivity index is 2.19. The molecular formula is C12H12N2O2S3. The van der Waals surface area contributed by atoms with Crippen LogP contribution >= 0.6 is 23.6 Å². The molecule has 0 aliphatic carbocycles. The van der Waals surface area contributed by atoms with Crippen LogP contribution in [0.2, 0.25) is 0 Å². The molecule has 0 aliphatic heterocycles. The van der Waals surface area contributed by atoms with Gasteiger partial charge in [-0.15, -0.1) is 0 Å². The quantitative estimate of drug-likeness (QED) is 0.832. The van der Waals surface area contributed by atoms with E-state index in [0.717, 1.165) is 5.56 Å². The molecule has 0 atom stereocenters. The first-order chi connectivity index (χ1) is 8.97. The minimum Gasteiger partial charge on any atom is -0.393 e. The second-order valence-corrected chi connectivity index (χ2v) is 6.89. The number of thiocarbonyl (C=S) groups is 1. The summed E-state index contributed by atoms with van der Waals surface area (Å²) in [6.07, 6.45) is 0.466. The lowest BCUT2D eigenvalue weighted by atomic mass is 10.1. The largest absolute Gasteiger partial charge is 0.393 e. The van der Waals surface area contributed by atoms with Crippen molar-refractivity contribution in [3.05, 3.63) is 46.7 Å². The minimum atomic E-state index is -3.54. The molecule has 4 nitrogen and oxygen atoms in total. The number of benzene rings is 1. The number of anilines is 1. The third-order valence-corrected chi connectivity index (χ3v) is 4.61. The molecule has 0 saturated carbocycles. The normalized spacial score (nSPS) is 11.2. The van der Waals surface area contributed by atoms with Crippen molar-refractivity contribution in [2.45, 2.75) is 11.3 Å². The molecule has 0 unspecified atom stereocenters. The minimum absolute atomic E-state index is 0.213. The van der Waals surface area contributed by atoms with E-state index in [-0.39, 0.29) is 4.90 Å². The molecule has 0 aliphatic rings. The topological polar surface area (TPSA) is 72.2 Å². The summed E-state index contributed by atoms with van der Waals surface area (Å²) < 4.78 is 26.7. The Kier molecular flexibility index (Phi) is 4.18. The molecule has 3 N–H and O–H groups in total. The van der Waals surface area contributed by atoms with Gasteiger partial charge in [-0.1, -0.05) is 24.4 Å². The van der Waals surface area contributed by atoms with E-state index in [2.05, 4.69) is 4.72 Å². The highest BCUT2D eigenvalue weighted by atomic mass is 32.2. The first-order valence-electron chi connectivity index (χ1n) is 5.39. The van der Waals surface area contributed by atoms with Gasteiger partial charge >= 0.3 is 0 Å². The van der Waals surface area contributed by atoms with Crippen molar-refractivity contribution in [1.82, 2.24) is 0 Å². The lowest BCUT2D eigenvalue weighted by molar-refractivity contribution is 0.601. The summed E-state index contributed by atoms with van der Waals surface area (Å²) in [5.41, 5.74) is 6.90. The maximum atomic E-state index is 12.1. The van der Waals surface area contributed by atoms with Crippen LogP contribution in [0, 0.1) is 0 Å². The Bertz CT molecular complexity index is 662. The predicted molar refractivity (Wildman–Crippen MR) is 82.1 cm³/mol. The van der Waals surface area contributed by atoms with E-state index < -0.39 is 10.0 Å². The SMILES string of the molecule is NC(=S)Cc1ccc(S(=O)(=O)Nc2ccsc2)cc1. The van der Waals surface area contributed by atoms with Crippen LogP contribution in [-0.4, -0.2) is 13.4 Å². The Morgan fingerprint density at radius 3 is 2.47 bits per heavy atom. The Labute approximate surface area is 121 Å². The third kappa shape index (κ3) is 3.76. The van der Waals surface area contributed by atoms with Crippen LogP contribution in [0.25, 0.3) is 0 Å². The van der Waals surface area contributed by atoms with E-state index in [4.69, 9.17) is 18.0 Å². The van der Waals surface area contributed by atoms with Crippen LogP contribution in [0.15, 0.2) is 46.0 Å². The summed E-state index contributed by atoms with van der Waals surface area (Å²) >= 11 is 6.24. The molecule has 0 bridgehead atoms. The lowest BCUT2D eigenvalue weighted by Crippen LogP contribution is -2.13. The monoisotopic (exact) mass is 312 g/mol. The van der Waals surface area contributed by atoms with E-state index >= 15 is 0 Å². The number of sulfonamides is 1.